The van der Waals surface area contributed by atoms with Gasteiger partial charge in [0.2, 0.25) is 0 Å². The average molecular weight is 364 g/mol. The number of rotatable bonds is 2. The number of hydrogen-bond donors (Lipinski definition) is 2. The number of nitrogens with one attached hydrogen (secondary N) is 2. The zero-order chi connectivity index (χ0) is 18.1. The predicted molar refractivity (Wildman–Crippen MR) is 108 cm³/mol. The summed E-state index contributed by atoms with van der Waals surface area (Å²) >= 11 is 1.26. The van der Waals surface area contributed by atoms with Gasteiger partial charge in [-0.15, -0.1) is 0 Å². The third-order valence-corrected chi connectivity index (χ3v) is 5.63. The van der Waals surface area contributed by atoms with Crippen LogP contribution >= 0.6 is 11.8 Å². The van der Waals surface area contributed by atoms with Crippen molar-refractivity contribution in [2.75, 3.05) is 11.4 Å². The lowest BCUT2D eigenvalue weighted by Gasteiger charge is -2.32. The normalized spacial score (nSPS) is 19.4. The SMILES string of the molecule is CC1SC(=O)NN=C1c1ccc2c(c1)CCCN2C(=N)c1ccccc1. The van der Waals surface area contributed by atoms with E-state index in [9.17, 15) is 4.79 Å². The average Bonchev–Trinajstić information content (AvgIpc) is 2.67. The highest BCUT2D eigenvalue weighted by atomic mass is 32.2. The monoisotopic (exact) mass is 364 g/mol. The lowest BCUT2D eigenvalue weighted by molar-refractivity contribution is 0.261. The van der Waals surface area contributed by atoms with Gasteiger partial charge in [-0.3, -0.25) is 10.2 Å². The molecular formula is C20H20N4OS. The molecular weight excluding hydrogens is 344 g/mol. The third kappa shape index (κ3) is 3.12. The minimum Gasteiger partial charge on any atom is -0.326 e. The van der Waals surface area contributed by atoms with Gasteiger partial charge in [-0.1, -0.05) is 48.2 Å². The maximum Gasteiger partial charge on any atom is 0.299 e. The van der Waals surface area contributed by atoms with Crippen LogP contribution in [0.15, 0.2) is 53.6 Å². The fraction of sp³-hybridized carbons (Fsp3) is 0.250. The number of nitrogens with zero attached hydrogens (tertiary/aromatic N) is 2. The van der Waals surface area contributed by atoms with Crippen LogP contribution in [0.5, 0.6) is 0 Å². The fourth-order valence-corrected chi connectivity index (χ4v) is 4.20. The maximum absolute atomic E-state index is 11.5. The molecule has 0 fully saturated rings. The molecule has 2 aliphatic rings. The van der Waals surface area contributed by atoms with Gasteiger partial charge in [0.05, 0.1) is 11.0 Å². The Hall–Kier alpha value is -2.60. The molecule has 1 amide bonds. The first-order chi connectivity index (χ1) is 12.6. The van der Waals surface area contributed by atoms with E-state index in [2.05, 4.69) is 27.6 Å². The molecule has 4 rings (SSSR count). The molecule has 6 heteroatoms. The van der Waals surface area contributed by atoms with Crippen LogP contribution in [0, 0.1) is 5.41 Å². The quantitative estimate of drug-likeness (QED) is 0.625. The van der Waals surface area contributed by atoms with Gasteiger partial charge < -0.3 is 4.90 Å². The molecule has 1 unspecified atom stereocenters. The molecule has 5 nitrogen and oxygen atoms in total. The molecule has 2 aromatic carbocycles. The molecule has 0 spiro atoms. The zero-order valence-corrected chi connectivity index (χ0v) is 15.3. The Morgan fingerprint density at radius 1 is 1.27 bits per heavy atom. The molecule has 0 radical (unpaired) electrons. The fourth-order valence-electron chi connectivity index (χ4n) is 3.48. The molecule has 0 saturated heterocycles. The number of carbonyl (C=O) groups is 1. The van der Waals surface area contributed by atoms with Crippen LogP contribution in [0.4, 0.5) is 10.5 Å². The van der Waals surface area contributed by atoms with E-state index in [1.54, 1.807) is 0 Å². The van der Waals surface area contributed by atoms with E-state index in [1.807, 2.05) is 43.3 Å². The number of fused-ring (bicyclic) bond motifs is 1. The van der Waals surface area contributed by atoms with Crippen LogP contribution in [-0.4, -0.2) is 28.6 Å². The van der Waals surface area contributed by atoms with Gasteiger partial charge in [-0.05, 0) is 43.0 Å². The Labute approximate surface area is 157 Å². The second kappa shape index (κ2) is 6.96. The van der Waals surface area contributed by atoms with Crippen molar-refractivity contribution >= 4 is 34.2 Å². The predicted octanol–water partition coefficient (Wildman–Crippen LogP) is 4.01. The summed E-state index contributed by atoms with van der Waals surface area (Å²) in [4.78, 5) is 13.5. The van der Waals surface area contributed by atoms with Crippen LogP contribution in [0.3, 0.4) is 0 Å². The summed E-state index contributed by atoms with van der Waals surface area (Å²) in [5.41, 5.74) is 7.74. The van der Waals surface area contributed by atoms with Gasteiger partial charge in [0.25, 0.3) is 5.24 Å². The number of aryl methyl sites for hydroxylation is 1. The van der Waals surface area contributed by atoms with Gasteiger partial charge >= 0.3 is 0 Å². The number of hydrazone groups is 1. The summed E-state index contributed by atoms with van der Waals surface area (Å²) in [6, 6.07) is 16.1. The second-order valence-corrected chi connectivity index (χ2v) is 7.78. The van der Waals surface area contributed by atoms with E-state index in [4.69, 9.17) is 5.41 Å². The van der Waals surface area contributed by atoms with Crippen molar-refractivity contribution in [3.8, 4) is 0 Å². The topological polar surface area (TPSA) is 68.6 Å². The Balaban J connectivity index is 1.66. The van der Waals surface area contributed by atoms with Gasteiger partial charge in [0, 0.05) is 17.8 Å². The van der Waals surface area contributed by atoms with Crippen LogP contribution in [-0.2, 0) is 6.42 Å². The highest BCUT2D eigenvalue weighted by Crippen LogP contribution is 2.31. The van der Waals surface area contributed by atoms with Crippen LogP contribution < -0.4 is 10.3 Å². The lowest BCUT2D eigenvalue weighted by atomic mass is 9.96. The molecule has 132 valence electrons. The molecule has 0 aliphatic carbocycles. The van der Waals surface area contributed by atoms with Crippen molar-refractivity contribution in [1.82, 2.24) is 5.43 Å². The Kier molecular flexibility index (Phi) is 4.51. The first kappa shape index (κ1) is 16.8. The number of carbonyl (C=O) groups excluding carboxylic acids is 1. The molecule has 2 N–H and O–H groups in total. The standard InChI is InChI=1S/C20H20N4OS/c1-13-18(22-23-20(25)26-13)16-9-10-17-15(12-16)8-5-11-24(17)19(21)14-6-3-2-4-7-14/h2-4,6-7,9-10,12-13,21H,5,8,11H2,1H3,(H,23,25). The van der Waals surface area contributed by atoms with Crippen molar-refractivity contribution in [1.29, 1.82) is 5.41 Å². The van der Waals surface area contributed by atoms with Crippen molar-refractivity contribution in [3.63, 3.8) is 0 Å². The van der Waals surface area contributed by atoms with Gasteiger partial charge in [0.1, 0.15) is 5.84 Å². The van der Waals surface area contributed by atoms with Gasteiger partial charge in [-0.2, -0.15) is 5.10 Å². The molecule has 0 saturated carbocycles. The van der Waals surface area contributed by atoms with E-state index in [1.165, 1.54) is 17.3 Å². The summed E-state index contributed by atoms with van der Waals surface area (Å²) in [7, 11) is 0. The van der Waals surface area contributed by atoms with E-state index >= 15 is 0 Å². The second-order valence-electron chi connectivity index (χ2n) is 6.47. The number of hydrogen-bond acceptors (Lipinski definition) is 4. The Morgan fingerprint density at radius 2 is 2.08 bits per heavy atom. The largest absolute Gasteiger partial charge is 0.326 e. The molecule has 2 heterocycles. The number of anilines is 1. The van der Waals surface area contributed by atoms with E-state index in [-0.39, 0.29) is 10.5 Å². The minimum atomic E-state index is -0.110. The Morgan fingerprint density at radius 3 is 2.85 bits per heavy atom. The van der Waals surface area contributed by atoms with Gasteiger partial charge in [-0.25, -0.2) is 5.43 Å². The summed E-state index contributed by atoms with van der Waals surface area (Å²) in [6.45, 7) is 2.85. The number of thioether (sulfide) groups is 1. The van der Waals surface area contributed by atoms with Crippen molar-refractivity contribution in [2.24, 2.45) is 5.10 Å². The van der Waals surface area contributed by atoms with Crippen molar-refractivity contribution < 1.29 is 4.79 Å². The number of amidine groups is 1. The van der Waals surface area contributed by atoms with E-state index in [0.29, 0.717) is 5.84 Å². The molecule has 2 aliphatic heterocycles. The molecule has 1 atom stereocenters. The van der Waals surface area contributed by atoms with Crippen molar-refractivity contribution in [3.05, 3.63) is 65.2 Å². The van der Waals surface area contributed by atoms with Crippen molar-refractivity contribution in [2.45, 2.75) is 25.0 Å². The third-order valence-electron chi connectivity index (χ3n) is 4.75. The summed E-state index contributed by atoms with van der Waals surface area (Å²) in [6.07, 6.45) is 2.00. The molecule has 2 aromatic rings. The molecule has 0 aromatic heterocycles. The minimum absolute atomic E-state index is 0.0316. The maximum atomic E-state index is 11.5. The van der Waals surface area contributed by atoms with E-state index in [0.717, 1.165) is 41.9 Å². The van der Waals surface area contributed by atoms with Crippen LogP contribution in [0.1, 0.15) is 30.0 Å². The van der Waals surface area contributed by atoms with Crippen LogP contribution in [0.2, 0.25) is 0 Å². The zero-order valence-electron chi connectivity index (χ0n) is 14.5. The van der Waals surface area contributed by atoms with Crippen LogP contribution in [0.25, 0.3) is 0 Å². The first-order valence-corrected chi connectivity index (χ1v) is 9.60. The highest BCUT2D eigenvalue weighted by molar-refractivity contribution is 8.14. The summed E-state index contributed by atoms with van der Waals surface area (Å²) in [5.74, 6) is 0.533. The molecule has 26 heavy (non-hydrogen) atoms. The number of amides is 1. The first-order valence-electron chi connectivity index (χ1n) is 8.72. The lowest BCUT2D eigenvalue weighted by Crippen LogP contribution is -2.36. The number of benzene rings is 2. The summed E-state index contributed by atoms with van der Waals surface area (Å²) < 4.78 is 0. The summed E-state index contributed by atoms with van der Waals surface area (Å²) in [5, 5.41) is 12.8. The Bertz CT molecular complexity index is 894. The van der Waals surface area contributed by atoms with Gasteiger partial charge in [0.15, 0.2) is 0 Å². The molecule has 0 bridgehead atoms. The smallest absolute Gasteiger partial charge is 0.299 e. The van der Waals surface area contributed by atoms with E-state index < -0.39 is 0 Å². The highest BCUT2D eigenvalue weighted by Gasteiger charge is 2.25.